The van der Waals surface area contributed by atoms with Crippen LogP contribution in [0, 0.1) is 0 Å². The number of rotatable bonds is 6. The van der Waals surface area contributed by atoms with Gasteiger partial charge in [0.2, 0.25) is 0 Å². The molecular formula is C21H22O3. The fourth-order valence-corrected chi connectivity index (χ4v) is 2.73. The van der Waals surface area contributed by atoms with Crippen LogP contribution in [0.5, 0.6) is 0 Å². The molecule has 1 aliphatic rings. The average molecular weight is 322 g/mol. The van der Waals surface area contributed by atoms with Gasteiger partial charge < -0.3 is 9.47 Å². The molecule has 2 aromatic carbocycles. The molecule has 0 radical (unpaired) electrons. The molecule has 0 bridgehead atoms. The molecule has 1 unspecified atom stereocenters. The van der Waals surface area contributed by atoms with Gasteiger partial charge in [-0.3, -0.25) is 4.79 Å². The summed E-state index contributed by atoms with van der Waals surface area (Å²) in [6.07, 6.45) is 4.63. The fourth-order valence-electron chi connectivity index (χ4n) is 2.73. The number of carbonyl (C=O) groups excluding carboxylic acids is 1. The van der Waals surface area contributed by atoms with Crippen LogP contribution in [0.3, 0.4) is 0 Å². The predicted octanol–water partition coefficient (Wildman–Crippen LogP) is 4.50. The van der Waals surface area contributed by atoms with Crippen molar-refractivity contribution in [3.8, 4) is 0 Å². The lowest BCUT2D eigenvalue weighted by Crippen LogP contribution is -2.23. The van der Waals surface area contributed by atoms with Crippen molar-refractivity contribution in [3.63, 3.8) is 0 Å². The first kappa shape index (κ1) is 16.6. The van der Waals surface area contributed by atoms with Crippen molar-refractivity contribution in [1.29, 1.82) is 0 Å². The van der Waals surface area contributed by atoms with Crippen molar-refractivity contribution in [3.05, 3.63) is 77.9 Å². The first-order chi connectivity index (χ1) is 11.8. The SMILES string of the molecule is O=C(/C=C(\COC1CCCCO1)c1ccccc1)c1ccccc1. The van der Waals surface area contributed by atoms with Gasteiger partial charge in [-0.15, -0.1) is 0 Å². The van der Waals surface area contributed by atoms with Gasteiger partial charge in [-0.1, -0.05) is 60.7 Å². The van der Waals surface area contributed by atoms with Gasteiger partial charge in [0.1, 0.15) is 0 Å². The molecule has 1 fully saturated rings. The minimum atomic E-state index is -0.169. The third-order valence-corrected chi connectivity index (χ3v) is 4.07. The van der Waals surface area contributed by atoms with E-state index in [-0.39, 0.29) is 12.1 Å². The van der Waals surface area contributed by atoms with Gasteiger partial charge in [-0.25, -0.2) is 0 Å². The van der Waals surface area contributed by atoms with Crippen LogP contribution in [0.1, 0.15) is 35.2 Å². The molecule has 24 heavy (non-hydrogen) atoms. The molecule has 1 heterocycles. The van der Waals surface area contributed by atoms with Crippen LogP contribution in [0.2, 0.25) is 0 Å². The van der Waals surface area contributed by atoms with Crippen LogP contribution in [-0.4, -0.2) is 25.3 Å². The molecule has 1 atom stereocenters. The van der Waals surface area contributed by atoms with Crippen LogP contribution in [0.4, 0.5) is 0 Å². The Balaban J connectivity index is 1.76. The van der Waals surface area contributed by atoms with Crippen LogP contribution in [0.15, 0.2) is 66.7 Å². The molecule has 124 valence electrons. The lowest BCUT2D eigenvalue weighted by atomic mass is 10.0. The highest BCUT2D eigenvalue weighted by Crippen LogP contribution is 2.20. The van der Waals surface area contributed by atoms with Crippen molar-refractivity contribution in [2.45, 2.75) is 25.6 Å². The molecule has 0 spiro atoms. The Kier molecular flexibility index (Phi) is 5.94. The summed E-state index contributed by atoms with van der Waals surface area (Å²) in [4.78, 5) is 12.5. The topological polar surface area (TPSA) is 35.5 Å². The van der Waals surface area contributed by atoms with Crippen molar-refractivity contribution >= 4 is 11.4 Å². The molecule has 3 rings (SSSR count). The maximum Gasteiger partial charge on any atom is 0.186 e. The van der Waals surface area contributed by atoms with E-state index >= 15 is 0 Å². The molecule has 2 aromatic rings. The van der Waals surface area contributed by atoms with Gasteiger partial charge in [-0.05, 0) is 36.5 Å². The van der Waals surface area contributed by atoms with Crippen LogP contribution in [0.25, 0.3) is 5.57 Å². The highest BCUT2D eigenvalue weighted by Gasteiger charge is 2.15. The monoisotopic (exact) mass is 322 g/mol. The number of ketones is 1. The third kappa shape index (κ3) is 4.63. The molecule has 0 amide bonds. The minimum absolute atomic E-state index is 0.0115. The van der Waals surface area contributed by atoms with E-state index in [0.29, 0.717) is 12.2 Å². The zero-order valence-corrected chi connectivity index (χ0v) is 13.7. The van der Waals surface area contributed by atoms with Crippen molar-refractivity contribution in [2.24, 2.45) is 0 Å². The van der Waals surface area contributed by atoms with Crippen molar-refractivity contribution < 1.29 is 14.3 Å². The zero-order valence-electron chi connectivity index (χ0n) is 13.7. The highest BCUT2D eigenvalue weighted by molar-refractivity contribution is 6.08. The summed E-state index contributed by atoms with van der Waals surface area (Å²) in [6, 6.07) is 19.2. The highest BCUT2D eigenvalue weighted by atomic mass is 16.7. The summed E-state index contributed by atoms with van der Waals surface area (Å²) < 4.78 is 11.5. The standard InChI is InChI=1S/C21H22O3/c22-20(18-11-5-2-6-12-18)15-19(17-9-3-1-4-10-17)16-24-21-13-7-8-14-23-21/h1-6,9-12,15,21H,7-8,13-14,16H2/b19-15+. The predicted molar refractivity (Wildman–Crippen MR) is 94.7 cm³/mol. The third-order valence-electron chi connectivity index (χ3n) is 4.07. The van der Waals surface area contributed by atoms with Crippen molar-refractivity contribution in [1.82, 2.24) is 0 Å². The van der Waals surface area contributed by atoms with Gasteiger partial charge in [0.15, 0.2) is 12.1 Å². The Morgan fingerprint density at radius 1 is 1.00 bits per heavy atom. The van der Waals surface area contributed by atoms with E-state index in [4.69, 9.17) is 9.47 Å². The van der Waals surface area contributed by atoms with E-state index in [1.54, 1.807) is 6.08 Å². The number of carbonyl (C=O) groups is 1. The first-order valence-electron chi connectivity index (χ1n) is 8.41. The summed E-state index contributed by atoms with van der Waals surface area (Å²) in [5.74, 6) is -0.0115. The summed E-state index contributed by atoms with van der Waals surface area (Å²) in [6.45, 7) is 1.12. The smallest absolute Gasteiger partial charge is 0.186 e. The quantitative estimate of drug-likeness (QED) is 0.580. The molecular weight excluding hydrogens is 300 g/mol. The second kappa shape index (κ2) is 8.57. The average Bonchev–Trinajstić information content (AvgIpc) is 2.67. The molecule has 0 N–H and O–H groups in total. The van der Waals surface area contributed by atoms with Gasteiger partial charge in [-0.2, -0.15) is 0 Å². The molecule has 3 nitrogen and oxygen atoms in total. The summed E-state index contributed by atoms with van der Waals surface area (Å²) in [7, 11) is 0. The molecule has 0 saturated carbocycles. The Labute approximate surface area is 142 Å². The van der Waals surface area contributed by atoms with Crippen LogP contribution >= 0.6 is 0 Å². The Bertz CT molecular complexity index is 671. The fraction of sp³-hybridized carbons (Fsp3) is 0.286. The Hall–Kier alpha value is -2.23. The molecule has 0 aliphatic carbocycles. The maximum atomic E-state index is 12.5. The van der Waals surface area contributed by atoms with Gasteiger partial charge >= 0.3 is 0 Å². The first-order valence-corrected chi connectivity index (χ1v) is 8.41. The van der Waals surface area contributed by atoms with E-state index in [2.05, 4.69) is 0 Å². The van der Waals surface area contributed by atoms with E-state index in [9.17, 15) is 4.79 Å². The normalized spacial score (nSPS) is 18.3. The number of allylic oxidation sites excluding steroid dienone is 1. The number of benzene rings is 2. The number of hydrogen-bond acceptors (Lipinski definition) is 3. The molecule has 1 saturated heterocycles. The summed E-state index contributed by atoms with van der Waals surface area (Å²) in [5, 5.41) is 0. The van der Waals surface area contributed by atoms with Gasteiger partial charge in [0, 0.05) is 12.2 Å². The number of ether oxygens (including phenoxy) is 2. The second-order valence-electron chi connectivity index (χ2n) is 5.87. The Morgan fingerprint density at radius 3 is 2.29 bits per heavy atom. The Morgan fingerprint density at radius 2 is 1.67 bits per heavy atom. The maximum absolute atomic E-state index is 12.5. The lowest BCUT2D eigenvalue weighted by molar-refractivity contribution is -0.154. The van der Waals surface area contributed by atoms with Gasteiger partial charge in [0.25, 0.3) is 0 Å². The van der Waals surface area contributed by atoms with Crippen molar-refractivity contribution in [2.75, 3.05) is 13.2 Å². The lowest BCUT2D eigenvalue weighted by Gasteiger charge is -2.23. The van der Waals surface area contributed by atoms with Crippen LogP contribution < -0.4 is 0 Å². The van der Waals surface area contributed by atoms with Crippen LogP contribution in [-0.2, 0) is 9.47 Å². The summed E-state index contributed by atoms with van der Waals surface area (Å²) >= 11 is 0. The number of hydrogen-bond donors (Lipinski definition) is 0. The molecule has 3 heteroatoms. The van der Waals surface area contributed by atoms with Gasteiger partial charge in [0.05, 0.1) is 6.61 Å². The zero-order chi connectivity index (χ0) is 16.6. The van der Waals surface area contributed by atoms with E-state index in [1.165, 1.54) is 0 Å². The largest absolute Gasteiger partial charge is 0.353 e. The van der Waals surface area contributed by atoms with E-state index in [0.717, 1.165) is 37.0 Å². The second-order valence-corrected chi connectivity index (χ2v) is 5.87. The minimum Gasteiger partial charge on any atom is -0.353 e. The molecule has 1 aliphatic heterocycles. The molecule has 0 aromatic heterocycles. The van der Waals surface area contributed by atoms with E-state index in [1.807, 2.05) is 60.7 Å². The van der Waals surface area contributed by atoms with E-state index < -0.39 is 0 Å². The summed E-state index contributed by atoms with van der Waals surface area (Å²) in [5.41, 5.74) is 2.55.